The van der Waals surface area contributed by atoms with Gasteiger partial charge in [-0.2, -0.15) is 0 Å². The normalized spacial score (nSPS) is 29.1. The van der Waals surface area contributed by atoms with Crippen LogP contribution in [0.1, 0.15) is 74.5 Å². The number of hydrogen-bond donors (Lipinski definition) is 0. The molecule has 2 aliphatic carbocycles. The van der Waals surface area contributed by atoms with Gasteiger partial charge in [0.15, 0.2) is 26.3 Å². The summed E-state index contributed by atoms with van der Waals surface area (Å²) in [6.07, 6.45) is -6.13. The Morgan fingerprint density at radius 1 is 0.746 bits per heavy atom. The molecule has 0 N–H and O–H groups in total. The third-order valence-electron chi connectivity index (χ3n) is 14.3. The molecule has 2 heterocycles. The van der Waals surface area contributed by atoms with Crippen molar-refractivity contribution in [3.05, 3.63) is 144 Å². The first kappa shape index (κ1) is 49.0. The monoisotopic (exact) mass is 954 g/mol. The number of hydrogen-bond acceptors (Lipinski definition) is 12. The van der Waals surface area contributed by atoms with E-state index in [1.54, 1.807) is 24.3 Å². The Labute approximate surface area is 399 Å². The molecule has 358 valence electrons. The van der Waals surface area contributed by atoms with Gasteiger partial charge < -0.3 is 42.3 Å². The highest BCUT2D eigenvalue weighted by Gasteiger charge is 2.85. The Kier molecular flexibility index (Phi) is 14.5. The maximum Gasteiger partial charge on any atom is 0.339 e. The average molecular weight is 956 g/mol. The number of rotatable bonds is 19. The predicted molar refractivity (Wildman–Crippen MR) is 252 cm³/mol. The van der Waals surface area contributed by atoms with Gasteiger partial charge in [-0.05, 0) is 67.2 Å². The molecule has 4 aromatic carbocycles. The van der Waals surface area contributed by atoms with Gasteiger partial charge in [-0.1, -0.05) is 130 Å². The van der Waals surface area contributed by atoms with Crippen molar-refractivity contribution in [2.24, 2.45) is 11.3 Å². The largest absolute Gasteiger partial charge is 0.461 e. The summed E-state index contributed by atoms with van der Waals surface area (Å²) in [4.78, 5) is 41.0. The minimum absolute atomic E-state index is 0.00598. The smallest absolute Gasteiger partial charge is 0.339 e. The summed E-state index contributed by atoms with van der Waals surface area (Å²) in [6.45, 7) is 14.3. The fraction of sp³-hybridized carbons (Fsp3) is 0.491. The average Bonchev–Trinajstić information content (AvgIpc) is 3.61. The maximum atomic E-state index is 14.7. The lowest BCUT2D eigenvalue weighted by molar-refractivity contribution is -0.365. The molecule has 0 unspecified atom stereocenters. The van der Waals surface area contributed by atoms with Crippen molar-refractivity contribution >= 4 is 37.8 Å². The van der Waals surface area contributed by atoms with Crippen LogP contribution in [0.5, 0.6) is 0 Å². The van der Waals surface area contributed by atoms with Crippen LogP contribution in [-0.4, -0.2) is 92.8 Å². The molecule has 4 aromatic rings. The molecular formula is C53H63ClO12Si. The highest BCUT2D eigenvalue weighted by Crippen LogP contribution is 2.71. The van der Waals surface area contributed by atoms with E-state index in [1.807, 2.05) is 97.1 Å². The third-order valence-corrected chi connectivity index (χ3v) is 18.9. The van der Waals surface area contributed by atoms with Crippen molar-refractivity contribution in [3.63, 3.8) is 0 Å². The second kappa shape index (κ2) is 19.9. The molecular weight excluding hydrogens is 892 g/mol. The van der Waals surface area contributed by atoms with Gasteiger partial charge >= 0.3 is 17.9 Å². The predicted octanol–water partition coefficient (Wildman–Crippen LogP) is 9.37. The SMILES string of the molecule is CC(C)(Cl)C(=O)O[C@H]1[C@@H](O[C@@]23C[C@H]4[C@H](O[Si](C)(C)C(C)(C)C)C[C@@H](OC2=O)[C@]43COC(=O)c2ccccc2)O[C@H](COCc2ccccc2)[C@@H](OCc2ccccc2)[C@@H]1OCc1ccccc1. The first-order chi connectivity index (χ1) is 31.9. The molecule has 12 nitrogen and oxygen atoms in total. The Morgan fingerprint density at radius 3 is 1.84 bits per heavy atom. The summed E-state index contributed by atoms with van der Waals surface area (Å²) in [5.41, 5.74) is 0.153. The van der Waals surface area contributed by atoms with Crippen molar-refractivity contribution in [2.45, 2.75) is 139 Å². The molecule has 14 heteroatoms. The van der Waals surface area contributed by atoms with Crippen LogP contribution < -0.4 is 0 Å². The summed E-state index contributed by atoms with van der Waals surface area (Å²) in [6, 6.07) is 37.7. The van der Waals surface area contributed by atoms with Crippen molar-refractivity contribution in [1.29, 1.82) is 0 Å². The Bertz CT molecular complexity index is 2310. The van der Waals surface area contributed by atoms with Gasteiger partial charge in [0.1, 0.15) is 35.9 Å². The van der Waals surface area contributed by atoms with E-state index >= 15 is 0 Å². The van der Waals surface area contributed by atoms with E-state index in [0.29, 0.717) is 12.0 Å². The van der Waals surface area contributed by atoms with Crippen molar-refractivity contribution in [1.82, 2.24) is 0 Å². The van der Waals surface area contributed by atoms with Crippen LogP contribution in [0.2, 0.25) is 18.1 Å². The number of halogens is 1. The lowest BCUT2D eigenvalue weighted by Gasteiger charge is -2.58. The molecule has 0 amide bonds. The van der Waals surface area contributed by atoms with Crippen LogP contribution in [0.3, 0.4) is 0 Å². The zero-order chi connectivity index (χ0) is 47.6. The lowest BCUT2D eigenvalue weighted by Crippen LogP contribution is -2.72. The van der Waals surface area contributed by atoms with Crippen molar-refractivity contribution in [2.75, 3.05) is 13.2 Å². The summed E-state index contributed by atoms with van der Waals surface area (Å²) in [5.74, 6) is -2.24. The summed E-state index contributed by atoms with van der Waals surface area (Å²) >= 11 is 6.67. The minimum atomic E-state index is -2.36. The first-order valence-electron chi connectivity index (χ1n) is 23.2. The second-order valence-electron chi connectivity index (χ2n) is 20.2. The number of ether oxygens (including phenoxy) is 8. The van der Waals surface area contributed by atoms with Crippen LogP contribution >= 0.6 is 11.6 Å². The highest BCUT2D eigenvalue weighted by atomic mass is 35.5. The van der Waals surface area contributed by atoms with E-state index < -0.39 is 78.9 Å². The van der Waals surface area contributed by atoms with Crippen LogP contribution in [0.4, 0.5) is 0 Å². The molecule has 67 heavy (non-hydrogen) atoms. The number of benzene rings is 4. The molecule has 2 saturated heterocycles. The van der Waals surface area contributed by atoms with Gasteiger partial charge in [0.05, 0.1) is 43.5 Å². The van der Waals surface area contributed by atoms with Crippen LogP contribution in [-0.2, 0) is 71.7 Å². The van der Waals surface area contributed by atoms with Gasteiger partial charge in [0.25, 0.3) is 0 Å². The lowest BCUT2D eigenvalue weighted by atomic mass is 9.51. The standard InChI is InChI=1S/C53H63ClO12Si/c1-50(2,3)67(6,7)66-40-28-42-52(34-61-46(55)38-26-18-11-19-27-38)39(40)29-53(52,49(57)63-42)65-47-45(64-48(56)51(4,5)54)44(60-32-37-24-16-10-17-25-37)43(59-31-36-22-14-9-15-23-36)41(62-47)33-58-30-35-20-12-8-13-21-35/h8-27,39-45,47H,28-34H2,1-7H3/t39-,40+,41+,42+,43+,44-,45+,47+,52-,53-/m0/s1. The van der Waals surface area contributed by atoms with Gasteiger partial charge in [-0.15, -0.1) is 11.6 Å². The van der Waals surface area contributed by atoms with Gasteiger partial charge in [0, 0.05) is 12.3 Å². The Balaban J connectivity index is 1.19. The van der Waals surface area contributed by atoms with E-state index in [-0.39, 0.29) is 56.5 Å². The summed E-state index contributed by atoms with van der Waals surface area (Å²) in [7, 11) is -2.36. The fourth-order valence-corrected chi connectivity index (χ4v) is 11.0. The van der Waals surface area contributed by atoms with Crippen molar-refractivity contribution in [3.8, 4) is 0 Å². The van der Waals surface area contributed by atoms with E-state index in [4.69, 9.17) is 53.9 Å². The molecule has 10 atom stereocenters. The van der Waals surface area contributed by atoms with Gasteiger partial charge in [-0.3, -0.25) is 4.79 Å². The molecule has 0 radical (unpaired) electrons. The molecule has 0 spiro atoms. The molecule has 8 rings (SSSR count). The van der Waals surface area contributed by atoms with Crippen molar-refractivity contribution < 1.29 is 56.7 Å². The van der Waals surface area contributed by atoms with E-state index in [2.05, 4.69) is 33.9 Å². The van der Waals surface area contributed by atoms with Gasteiger partial charge in [-0.25, -0.2) is 9.59 Å². The maximum absolute atomic E-state index is 14.7. The van der Waals surface area contributed by atoms with Gasteiger partial charge in [0.2, 0.25) is 0 Å². The number of esters is 3. The zero-order valence-corrected chi connectivity index (χ0v) is 41.1. The number of carbonyl (C=O) groups is 3. The molecule has 4 fully saturated rings. The second-order valence-corrected chi connectivity index (χ2v) is 25.9. The Hall–Kier alpha value is -4.44. The molecule has 0 aromatic heterocycles. The van der Waals surface area contributed by atoms with E-state index in [1.165, 1.54) is 13.8 Å². The summed E-state index contributed by atoms with van der Waals surface area (Å²) < 4.78 is 60.1. The van der Waals surface area contributed by atoms with E-state index in [0.717, 1.165) is 16.7 Å². The number of alkyl halides is 1. The quantitative estimate of drug-likeness (QED) is 0.0384. The fourth-order valence-electron chi connectivity index (χ4n) is 9.59. The van der Waals surface area contributed by atoms with Crippen LogP contribution in [0.15, 0.2) is 121 Å². The summed E-state index contributed by atoms with van der Waals surface area (Å²) in [5, 5.41) is -0.111. The van der Waals surface area contributed by atoms with Crippen LogP contribution in [0, 0.1) is 11.3 Å². The first-order valence-corrected chi connectivity index (χ1v) is 26.5. The molecule has 2 saturated carbocycles. The van der Waals surface area contributed by atoms with Crippen LogP contribution in [0.25, 0.3) is 0 Å². The van der Waals surface area contributed by atoms with E-state index in [9.17, 15) is 14.4 Å². The molecule has 2 aliphatic heterocycles. The molecule has 4 aliphatic rings. The highest BCUT2D eigenvalue weighted by molar-refractivity contribution is 6.74. The zero-order valence-electron chi connectivity index (χ0n) is 39.4. The topological polar surface area (TPSA) is 134 Å². The third kappa shape index (κ3) is 10.2. The number of carbonyl (C=O) groups excluding carboxylic acids is 3. The Morgan fingerprint density at radius 2 is 1.28 bits per heavy atom. The minimum Gasteiger partial charge on any atom is -0.461 e. The molecule has 0 bridgehead atoms.